The second-order valence-corrected chi connectivity index (χ2v) is 8.02. The van der Waals surface area contributed by atoms with Gasteiger partial charge in [0.1, 0.15) is 17.8 Å². The molecule has 6 heteroatoms. The van der Waals surface area contributed by atoms with Gasteiger partial charge in [0.25, 0.3) is 0 Å². The van der Waals surface area contributed by atoms with Gasteiger partial charge in [-0.05, 0) is 42.5 Å². The maximum absolute atomic E-state index is 5.22. The highest BCUT2D eigenvalue weighted by atomic mass is 32.2. The number of nitrogens with zero attached hydrogens (tertiary/aromatic N) is 3. The van der Waals surface area contributed by atoms with Crippen molar-refractivity contribution >= 4 is 28.6 Å². The number of fused-ring (bicyclic) bond motifs is 1. The van der Waals surface area contributed by atoms with E-state index in [9.17, 15) is 0 Å². The molecular formula is C20H24N4OS. The fourth-order valence-corrected chi connectivity index (χ4v) is 4.68. The van der Waals surface area contributed by atoms with Gasteiger partial charge < -0.3 is 14.6 Å². The molecule has 0 bridgehead atoms. The van der Waals surface area contributed by atoms with E-state index < -0.39 is 0 Å². The largest absolute Gasteiger partial charge is 0.380 e. The van der Waals surface area contributed by atoms with E-state index in [0.717, 1.165) is 22.8 Å². The average molecular weight is 369 g/mol. The summed E-state index contributed by atoms with van der Waals surface area (Å²) in [7, 11) is 3.89. The van der Waals surface area contributed by atoms with Crippen LogP contribution in [-0.4, -0.2) is 40.9 Å². The summed E-state index contributed by atoms with van der Waals surface area (Å²) in [5.74, 6) is 2.96. The standard InChI is InChI=1S/C20H24N4OS/c1-24(20-18-6-7-21-19(18)22-13-23-20)16-8-15(9-16)12-26-17-5-3-4-14(10-17)11-25-2/h3-7,10,13,15-16H,8-9,11-12H2,1-2H3,(H,21,22,23)/t15-,16+. The van der Waals surface area contributed by atoms with E-state index in [-0.39, 0.29) is 0 Å². The highest BCUT2D eigenvalue weighted by molar-refractivity contribution is 7.99. The number of anilines is 1. The van der Waals surface area contributed by atoms with Crippen molar-refractivity contribution in [1.29, 1.82) is 0 Å². The molecule has 3 aromatic rings. The van der Waals surface area contributed by atoms with Crippen molar-refractivity contribution in [2.75, 3.05) is 24.8 Å². The second kappa shape index (κ2) is 7.68. The van der Waals surface area contributed by atoms with Gasteiger partial charge in [0.15, 0.2) is 0 Å². The average Bonchev–Trinajstić information content (AvgIpc) is 3.09. The predicted octanol–water partition coefficient (Wildman–Crippen LogP) is 4.11. The maximum Gasteiger partial charge on any atom is 0.142 e. The summed E-state index contributed by atoms with van der Waals surface area (Å²) < 4.78 is 5.22. The zero-order valence-corrected chi connectivity index (χ0v) is 16.0. The minimum absolute atomic E-state index is 0.563. The first-order valence-corrected chi connectivity index (χ1v) is 9.94. The van der Waals surface area contributed by atoms with Crippen molar-refractivity contribution in [3.63, 3.8) is 0 Å². The molecule has 0 atom stereocenters. The van der Waals surface area contributed by atoms with E-state index in [0.29, 0.717) is 12.6 Å². The number of thioether (sulfide) groups is 1. The summed E-state index contributed by atoms with van der Waals surface area (Å²) in [6, 6.07) is 11.3. The van der Waals surface area contributed by atoms with E-state index in [1.807, 2.05) is 18.0 Å². The minimum Gasteiger partial charge on any atom is -0.380 e. The van der Waals surface area contributed by atoms with Crippen LogP contribution in [0, 0.1) is 5.92 Å². The van der Waals surface area contributed by atoms with Crippen LogP contribution in [0.1, 0.15) is 18.4 Å². The quantitative estimate of drug-likeness (QED) is 0.636. The van der Waals surface area contributed by atoms with Gasteiger partial charge in [0.05, 0.1) is 12.0 Å². The Bertz CT molecular complexity index is 875. The van der Waals surface area contributed by atoms with Crippen molar-refractivity contribution in [1.82, 2.24) is 15.0 Å². The lowest BCUT2D eigenvalue weighted by Gasteiger charge is -2.41. The van der Waals surface area contributed by atoms with Crippen LogP contribution in [-0.2, 0) is 11.3 Å². The Hall–Kier alpha value is -2.05. The van der Waals surface area contributed by atoms with E-state index in [4.69, 9.17) is 4.74 Å². The third-order valence-electron chi connectivity index (χ3n) is 5.12. The van der Waals surface area contributed by atoms with Crippen LogP contribution < -0.4 is 4.90 Å². The number of aromatic nitrogens is 3. The van der Waals surface area contributed by atoms with Gasteiger partial charge in [0, 0.05) is 37.0 Å². The smallest absolute Gasteiger partial charge is 0.142 e. The molecular weight excluding hydrogens is 344 g/mol. The molecule has 0 amide bonds. The first-order chi connectivity index (χ1) is 12.7. The van der Waals surface area contributed by atoms with Crippen molar-refractivity contribution in [2.45, 2.75) is 30.4 Å². The molecule has 0 unspecified atom stereocenters. The zero-order valence-electron chi connectivity index (χ0n) is 15.2. The van der Waals surface area contributed by atoms with E-state index in [1.165, 1.54) is 29.1 Å². The van der Waals surface area contributed by atoms with Crippen LogP contribution in [0.3, 0.4) is 0 Å². The molecule has 4 rings (SSSR count). The number of H-pyrrole nitrogens is 1. The molecule has 0 aliphatic heterocycles. The van der Waals surface area contributed by atoms with Crippen LogP contribution in [0.25, 0.3) is 11.0 Å². The highest BCUT2D eigenvalue weighted by Gasteiger charge is 2.33. The van der Waals surface area contributed by atoms with Crippen LogP contribution in [0.2, 0.25) is 0 Å². The molecule has 1 fully saturated rings. The number of rotatable bonds is 7. The summed E-state index contributed by atoms with van der Waals surface area (Å²) in [6.07, 6.45) is 6.01. The molecule has 5 nitrogen and oxygen atoms in total. The number of hydrogen-bond acceptors (Lipinski definition) is 5. The molecule has 0 saturated heterocycles. The van der Waals surface area contributed by atoms with Crippen molar-refractivity contribution in [3.05, 3.63) is 48.4 Å². The Balaban J connectivity index is 1.31. The number of ether oxygens (including phenoxy) is 1. The molecule has 1 aliphatic carbocycles. The molecule has 0 radical (unpaired) electrons. The molecule has 136 valence electrons. The lowest BCUT2D eigenvalue weighted by atomic mass is 9.81. The van der Waals surface area contributed by atoms with Crippen LogP contribution in [0.15, 0.2) is 47.8 Å². The van der Waals surface area contributed by atoms with Gasteiger partial charge in [-0.25, -0.2) is 9.97 Å². The summed E-state index contributed by atoms with van der Waals surface area (Å²) >= 11 is 1.95. The van der Waals surface area contributed by atoms with Crippen molar-refractivity contribution in [3.8, 4) is 0 Å². The van der Waals surface area contributed by atoms with E-state index in [2.05, 4.69) is 57.2 Å². The third-order valence-corrected chi connectivity index (χ3v) is 6.35. The van der Waals surface area contributed by atoms with Gasteiger partial charge >= 0.3 is 0 Å². The topological polar surface area (TPSA) is 54.0 Å². The van der Waals surface area contributed by atoms with Crippen LogP contribution in [0.4, 0.5) is 5.82 Å². The highest BCUT2D eigenvalue weighted by Crippen LogP contribution is 2.38. The fraction of sp³-hybridized carbons (Fsp3) is 0.400. The number of methoxy groups -OCH3 is 1. The maximum atomic E-state index is 5.22. The monoisotopic (exact) mass is 368 g/mol. The molecule has 1 aromatic carbocycles. The molecule has 1 aliphatic rings. The molecule has 0 spiro atoms. The Morgan fingerprint density at radius 2 is 2.15 bits per heavy atom. The predicted molar refractivity (Wildman–Crippen MR) is 107 cm³/mol. The van der Waals surface area contributed by atoms with Gasteiger partial charge in [0.2, 0.25) is 0 Å². The van der Waals surface area contributed by atoms with Crippen molar-refractivity contribution in [2.24, 2.45) is 5.92 Å². The van der Waals surface area contributed by atoms with Gasteiger partial charge in [-0.3, -0.25) is 0 Å². The number of benzene rings is 1. The number of nitrogens with one attached hydrogen (secondary N) is 1. The third kappa shape index (κ3) is 3.57. The SMILES string of the molecule is COCc1cccc(SC[C@H]2C[C@@H](N(C)c3ncnc4[nH]ccc34)C2)c1. The minimum atomic E-state index is 0.563. The lowest BCUT2D eigenvalue weighted by Crippen LogP contribution is -2.43. The Labute approximate surface area is 158 Å². The van der Waals surface area contributed by atoms with E-state index >= 15 is 0 Å². The summed E-state index contributed by atoms with van der Waals surface area (Å²) in [5.41, 5.74) is 2.15. The van der Waals surface area contributed by atoms with Crippen LogP contribution in [0.5, 0.6) is 0 Å². The lowest BCUT2D eigenvalue weighted by molar-refractivity contribution is 0.184. The normalized spacial score (nSPS) is 19.5. The second-order valence-electron chi connectivity index (χ2n) is 6.93. The first kappa shape index (κ1) is 17.4. The van der Waals surface area contributed by atoms with E-state index in [1.54, 1.807) is 13.4 Å². The fourth-order valence-electron chi connectivity index (χ4n) is 3.57. The van der Waals surface area contributed by atoms with Crippen molar-refractivity contribution < 1.29 is 4.74 Å². The summed E-state index contributed by atoms with van der Waals surface area (Å²) in [4.78, 5) is 15.6. The number of hydrogen-bond donors (Lipinski definition) is 1. The van der Waals surface area contributed by atoms with Gasteiger partial charge in [-0.1, -0.05) is 12.1 Å². The molecule has 26 heavy (non-hydrogen) atoms. The zero-order chi connectivity index (χ0) is 17.9. The number of aromatic amines is 1. The Morgan fingerprint density at radius 1 is 1.27 bits per heavy atom. The van der Waals surface area contributed by atoms with Gasteiger partial charge in [-0.2, -0.15) is 0 Å². The first-order valence-electron chi connectivity index (χ1n) is 8.96. The molecule has 1 N–H and O–H groups in total. The molecule has 1 saturated carbocycles. The van der Waals surface area contributed by atoms with Gasteiger partial charge in [-0.15, -0.1) is 11.8 Å². The Kier molecular flexibility index (Phi) is 5.13. The Morgan fingerprint density at radius 3 is 3.00 bits per heavy atom. The molecule has 2 heterocycles. The van der Waals surface area contributed by atoms with Crippen LogP contribution >= 0.6 is 11.8 Å². The molecule has 2 aromatic heterocycles. The summed E-state index contributed by atoms with van der Waals surface area (Å²) in [5, 5.41) is 1.10. The summed E-state index contributed by atoms with van der Waals surface area (Å²) in [6.45, 7) is 0.678.